The number of nitrogens with zero attached hydrogens (tertiary/aromatic N) is 1. The molecule has 1 aliphatic heterocycles. The van der Waals surface area contributed by atoms with Gasteiger partial charge in [-0.25, -0.2) is 0 Å². The van der Waals surface area contributed by atoms with Crippen LogP contribution in [-0.4, -0.2) is 31.1 Å². The molecule has 2 aromatic carbocycles. The van der Waals surface area contributed by atoms with Crippen molar-refractivity contribution in [1.82, 2.24) is 5.32 Å². The molecule has 0 radical (unpaired) electrons. The lowest BCUT2D eigenvalue weighted by atomic mass is 10.1. The van der Waals surface area contributed by atoms with Crippen molar-refractivity contribution in [2.45, 2.75) is 6.92 Å². The van der Waals surface area contributed by atoms with Crippen molar-refractivity contribution < 1.29 is 19.1 Å². The summed E-state index contributed by atoms with van der Waals surface area (Å²) in [7, 11) is 3.05. The van der Waals surface area contributed by atoms with Crippen molar-refractivity contribution in [2.75, 3.05) is 19.1 Å². The van der Waals surface area contributed by atoms with Crippen molar-refractivity contribution in [2.24, 2.45) is 0 Å². The predicted octanol–water partition coefficient (Wildman–Crippen LogP) is 3.61. The Labute approximate surface area is 176 Å². The molecule has 1 heterocycles. The van der Waals surface area contributed by atoms with Crippen LogP contribution >= 0.6 is 28.1 Å². The van der Waals surface area contributed by atoms with E-state index in [-0.39, 0.29) is 10.7 Å². The minimum absolute atomic E-state index is 0.0249. The number of amides is 2. The minimum atomic E-state index is -0.546. The Hall–Kier alpha value is -2.71. The number of aryl methyl sites for hydroxylation is 1. The van der Waals surface area contributed by atoms with Crippen LogP contribution in [0.15, 0.2) is 46.4 Å². The first-order chi connectivity index (χ1) is 13.3. The van der Waals surface area contributed by atoms with E-state index in [0.29, 0.717) is 22.7 Å². The molecule has 1 aliphatic rings. The van der Waals surface area contributed by atoms with Crippen LogP contribution in [0, 0.1) is 6.92 Å². The topological polar surface area (TPSA) is 67.9 Å². The molecule has 2 amide bonds. The third-order valence-electron chi connectivity index (χ3n) is 4.22. The molecule has 3 rings (SSSR count). The third kappa shape index (κ3) is 3.79. The molecule has 8 heteroatoms. The molecular weight excluding hydrogens is 444 g/mol. The highest BCUT2D eigenvalue weighted by molar-refractivity contribution is 9.10. The van der Waals surface area contributed by atoms with E-state index in [1.807, 2.05) is 19.1 Å². The Bertz CT molecular complexity index is 1020. The predicted molar refractivity (Wildman–Crippen MR) is 115 cm³/mol. The van der Waals surface area contributed by atoms with Gasteiger partial charge in [0.2, 0.25) is 0 Å². The van der Waals surface area contributed by atoms with Gasteiger partial charge in [-0.1, -0.05) is 22.0 Å². The number of anilines is 1. The van der Waals surface area contributed by atoms with Gasteiger partial charge in [0.15, 0.2) is 16.6 Å². The van der Waals surface area contributed by atoms with Crippen molar-refractivity contribution in [3.8, 4) is 11.5 Å². The van der Waals surface area contributed by atoms with Crippen LogP contribution in [0.3, 0.4) is 0 Å². The quantitative estimate of drug-likeness (QED) is 0.428. The standard InChI is InChI=1S/C20H17BrN2O4S/c1-11-8-13(21)5-6-15(11)23-19(25)14(18(24)22-20(23)28)9-12-4-7-16(26-2)17(10-12)27-3/h4-10H,1-3H3,(H,22,24,28)/b14-9+. The van der Waals surface area contributed by atoms with E-state index in [9.17, 15) is 9.59 Å². The second kappa shape index (κ2) is 8.12. The molecule has 1 saturated heterocycles. The van der Waals surface area contributed by atoms with Gasteiger partial charge in [0.1, 0.15) is 5.57 Å². The van der Waals surface area contributed by atoms with E-state index in [1.165, 1.54) is 25.2 Å². The summed E-state index contributed by atoms with van der Waals surface area (Å²) in [6.45, 7) is 1.87. The number of hydrogen-bond acceptors (Lipinski definition) is 5. The average Bonchev–Trinajstić information content (AvgIpc) is 2.66. The van der Waals surface area contributed by atoms with Crippen molar-refractivity contribution in [3.63, 3.8) is 0 Å². The van der Waals surface area contributed by atoms with Crippen LogP contribution in [0.25, 0.3) is 6.08 Å². The maximum Gasteiger partial charge on any atom is 0.270 e. The number of carbonyl (C=O) groups is 2. The Kier molecular flexibility index (Phi) is 5.81. The maximum absolute atomic E-state index is 13.1. The van der Waals surface area contributed by atoms with Gasteiger partial charge in [0.05, 0.1) is 19.9 Å². The third-order valence-corrected chi connectivity index (χ3v) is 5.00. The van der Waals surface area contributed by atoms with Gasteiger partial charge in [-0.3, -0.25) is 19.8 Å². The molecule has 1 fully saturated rings. The van der Waals surface area contributed by atoms with Gasteiger partial charge in [-0.05, 0) is 66.7 Å². The second-order valence-electron chi connectivity index (χ2n) is 6.00. The molecule has 2 aromatic rings. The number of halogens is 1. The Morgan fingerprint density at radius 3 is 2.43 bits per heavy atom. The molecule has 0 saturated carbocycles. The lowest BCUT2D eigenvalue weighted by molar-refractivity contribution is -0.122. The van der Waals surface area contributed by atoms with E-state index < -0.39 is 11.8 Å². The molecule has 0 bridgehead atoms. The second-order valence-corrected chi connectivity index (χ2v) is 7.31. The fourth-order valence-corrected chi connectivity index (χ4v) is 3.60. The molecule has 6 nitrogen and oxygen atoms in total. The Balaban J connectivity index is 2.04. The lowest BCUT2D eigenvalue weighted by Gasteiger charge is -2.30. The molecule has 0 spiro atoms. The number of thiocarbonyl (C=S) groups is 1. The molecule has 0 unspecified atom stereocenters. The smallest absolute Gasteiger partial charge is 0.270 e. The summed E-state index contributed by atoms with van der Waals surface area (Å²) in [4.78, 5) is 26.9. The van der Waals surface area contributed by atoms with Gasteiger partial charge in [-0.2, -0.15) is 0 Å². The van der Waals surface area contributed by atoms with Gasteiger partial charge < -0.3 is 9.47 Å². The zero-order valence-electron chi connectivity index (χ0n) is 15.4. The monoisotopic (exact) mass is 460 g/mol. The highest BCUT2D eigenvalue weighted by Gasteiger charge is 2.35. The van der Waals surface area contributed by atoms with Crippen LogP contribution in [0.2, 0.25) is 0 Å². The first-order valence-corrected chi connectivity index (χ1v) is 9.45. The highest BCUT2D eigenvalue weighted by Crippen LogP contribution is 2.30. The van der Waals surface area contributed by atoms with E-state index in [4.69, 9.17) is 21.7 Å². The highest BCUT2D eigenvalue weighted by atomic mass is 79.9. The van der Waals surface area contributed by atoms with E-state index in [2.05, 4.69) is 21.2 Å². The number of carbonyl (C=O) groups excluding carboxylic acids is 2. The largest absolute Gasteiger partial charge is 0.493 e. The van der Waals surface area contributed by atoms with Crippen LogP contribution in [0.4, 0.5) is 5.69 Å². The van der Waals surface area contributed by atoms with E-state index in [1.54, 1.807) is 24.3 Å². The van der Waals surface area contributed by atoms with Crippen LogP contribution in [0.5, 0.6) is 11.5 Å². The molecule has 1 N–H and O–H groups in total. The number of hydrogen-bond donors (Lipinski definition) is 1. The first-order valence-electron chi connectivity index (χ1n) is 8.25. The van der Waals surface area contributed by atoms with Crippen LogP contribution in [0.1, 0.15) is 11.1 Å². The zero-order chi connectivity index (χ0) is 20.4. The average molecular weight is 461 g/mol. The fourth-order valence-electron chi connectivity index (χ4n) is 2.86. The number of methoxy groups -OCH3 is 2. The van der Waals surface area contributed by atoms with Crippen LogP contribution < -0.4 is 19.7 Å². The maximum atomic E-state index is 13.1. The van der Waals surface area contributed by atoms with Crippen LogP contribution in [-0.2, 0) is 9.59 Å². The number of rotatable bonds is 4. The molecule has 0 aliphatic carbocycles. The summed E-state index contributed by atoms with van der Waals surface area (Å²) >= 11 is 8.65. The Morgan fingerprint density at radius 2 is 1.79 bits per heavy atom. The number of benzene rings is 2. The first kappa shape index (κ1) is 20.0. The van der Waals surface area contributed by atoms with Gasteiger partial charge in [0.25, 0.3) is 11.8 Å². The molecule has 0 atom stereocenters. The number of nitrogens with one attached hydrogen (secondary N) is 1. The SMILES string of the molecule is COc1ccc(/C=C2\C(=O)NC(=S)N(c3ccc(Br)cc3C)C2=O)cc1OC. The zero-order valence-corrected chi connectivity index (χ0v) is 17.8. The Morgan fingerprint density at radius 1 is 1.07 bits per heavy atom. The summed E-state index contributed by atoms with van der Waals surface area (Å²) in [5.41, 5.74) is 2.04. The van der Waals surface area contributed by atoms with Crippen molar-refractivity contribution in [3.05, 3.63) is 57.6 Å². The van der Waals surface area contributed by atoms with E-state index in [0.717, 1.165) is 10.0 Å². The van der Waals surface area contributed by atoms with Gasteiger partial charge in [0, 0.05) is 4.47 Å². The van der Waals surface area contributed by atoms with Crippen molar-refractivity contribution >= 4 is 56.8 Å². The fraction of sp³-hybridized carbons (Fsp3) is 0.150. The molecule has 0 aromatic heterocycles. The summed E-state index contributed by atoms with van der Waals surface area (Å²) in [5.74, 6) is 0.0127. The summed E-state index contributed by atoms with van der Waals surface area (Å²) in [6, 6.07) is 10.6. The minimum Gasteiger partial charge on any atom is -0.493 e. The van der Waals surface area contributed by atoms with Gasteiger partial charge >= 0.3 is 0 Å². The summed E-state index contributed by atoms with van der Waals surface area (Å²) in [6.07, 6.45) is 1.50. The molecule has 28 heavy (non-hydrogen) atoms. The molecular formula is C20H17BrN2O4S. The van der Waals surface area contributed by atoms with E-state index >= 15 is 0 Å². The van der Waals surface area contributed by atoms with Gasteiger partial charge in [-0.15, -0.1) is 0 Å². The normalized spacial score (nSPS) is 15.6. The molecule has 144 valence electrons. The summed E-state index contributed by atoms with van der Waals surface area (Å²) < 4.78 is 11.4. The number of ether oxygens (including phenoxy) is 2. The van der Waals surface area contributed by atoms with Crippen molar-refractivity contribution in [1.29, 1.82) is 0 Å². The summed E-state index contributed by atoms with van der Waals surface area (Å²) in [5, 5.41) is 2.63. The lowest BCUT2D eigenvalue weighted by Crippen LogP contribution is -2.54.